The highest BCUT2D eigenvalue weighted by Crippen LogP contribution is 2.07. The summed E-state index contributed by atoms with van der Waals surface area (Å²) in [6.07, 6.45) is 0.721. The normalized spacial score (nSPS) is 13.8. The predicted octanol–water partition coefficient (Wildman–Crippen LogP) is 0.588. The molecule has 2 rings (SSSR count). The molecule has 0 saturated carbocycles. The van der Waals surface area contributed by atoms with Crippen LogP contribution in [0.15, 0.2) is 36.5 Å². The van der Waals surface area contributed by atoms with Gasteiger partial charge in [0, 0.05) is 17.9 Å². The number of imidazole rings is 1. The number of aromatic nitrogens is 2. The van der Waals surface area contributed by atoms with Crippen molar-refractivity contribution in [3.05, 3.63) is 47.8 Å². The maximum atomic E-state index is 11.9. The zero-order chi connectivity index (χ0) is 14.5. The van der Waals surface area contributed by atoms with Crippen molar-refractivity contribution in [2.24, 2.45) is 5.73 Å². The smallest absolute Gasteiger partial charge is 0.257 e. The summed E-state index contributed by atoms with van der Waals surface area (Å²) < 4.78 is 0. The molecule has 0 aliphatic rings. The summed E-state index contributed by atoms with van der Waals surface area (Å²) in [5, 5.41) is 12.4. The molecule has 0 fully saturated rings. The van der Waals surface area contributed by atoms with E-state index in [1.54, 1.807) is 6.20 Å². The number of benzene rings is 1. The van der Waals surface area contributed by atoms with E-state index in [1.807, 2.05) is 37.3 Å². The van der Waals surface area contributed by atoms with Gasteiger partial charge in [-0.2, -0.15) is 0 Å². The van der Waals surface area contributed by atoms with Gasteiger partial charge < -0.3 is 15.8 Å². The maximum absolute atomic E-state index is 11.9. The minimum Gasteiger partial charge on any atom is -0.382 e. The SMILES string of the molecule is Cc1cnc(NC(=O)[C@H](O)[C@@H](N)Cc2ccccc2)[nH]1. The van der Waals surface area contributed by atoms with Crippen LogP contribution >= 0.6 is 0 Å². The minimum atomic E-state index is -1.29. The second kappa shape index (κ2) is 6.31. The van der Waals surface area contributed by atoms with E-state index < -0.39 is 18.1 Å². The summed E-state index contributed by atoms with van der Waals surface area (Å²) in [7, 11) is 0. The van der Waals surface area contributed by atoms with Crippen LogP contribution in [0.2, 0.25) is 0 Å². The number of aliphatic hydroxyl groups is 1. The van der Waals surface area contributed by atoms with E-state index in [0.29, 0.717) is 12.4 Å². The van der Waals surface area contributed by atoms with E-state index >= 15 is 0 Å². The number of amides is 1. The fourth-order valence-electron chi connectivity index (χ4n) is 1.86. The van der Waals surface area contributed by atoms with Crippen LogP contribution in [0.3, 0.4) is 0 Å². The van der Waals surface area contributed by atoms with E-state index in [-0.39, 0.29) is 0 Å². The Labute approximate surface area is 117 Å². The van der Waals surface area contributed by atoms with Crippen LogP contribution in [-0.2, 0) is 11.2 Å². The van der Waals surface area contributed by atoms with E-state index in [2.05, 4.69) is 15.3 Å². The van der Waals surface area contributed by atoms with E-state index in [9.17, 15) is 9.90 Å². The van der Waals surface area contributed by atoms with Gasteiger partial charge in [0.15, 0.2) is 0 Å². The van der Waals surface area contributed by atoms with Gasteiger partial charge in [-0.25, -0.2) is 4.98 Å². The van der Waals surface area contributed by atoms with Crippen molar-refractivity contribution < 1.29 is 9.90 Å². The fraction of sp³-hybridized carbons (Fsp3) is 0.286. The lowest BCUT2D eigenvalue weighted by atomic mass is 10.0. The van der Waals surface area contributed by atoms with Crippen molar-refractivity contribution in [1.82, 2.24) is 9.97 Å². The lowest BCUT2D eigenvalue weighted by Gasteiger charge is -2.17. The molecule has 6 nitrogen and oxygen atoms in total. The van der Waals surface area contributed by atoms with Gasteiger partial charge in [-0.15, -0.1) is 0 Å². The second-order valence-corrected chi connectivity index (χ2v) is 4.70. The standard InChI is InChI=1S/C14H18N4O2/c1-9-8-16-14(17-9)18-13(20)12(19)11(15)7-10-5-3-2-4-6-10/h2-6,8,11-12,19H,7,15H2,1H3,(H2,16,17,18,20)/t11-,12+/m0/s1. The number of carbonyl (C=O) groups is 1. The number of H-pyrrole nitrogens is 1. The molecule has 0 bridgehead atoms. The Morgan fingerprint density at radius 2 is 2.15 bits per heavy atom. The van der Waals surface area contributed by atoms with Crippen LogP contribution in [0.1, 0.15) is 11.3 Å². The molecule has 0 saturated heterocycles. The average molecular weight is 274 g/mol. The molecule has 1 amide bonds. The summed E-state index contributed by atoms with van der Waals surface area (Å²) in [4.78, 5) is 18.6. The van der Waals surface area contributed by atoms with Gasteiger partial charge in [-0.1, -0.05) is 30.3 Å². The molecule has 1 aromatic carbocycles. The highest BCUT2D eigenvalue weighted by Gasteiger charge is 2.23. The quantitative estimate of drug-likeness (QED) is 0.640. The molecule has 0 unspecified atom stereocenters. The summed E-state index contributed by atoms with van der Waals surface area (Å²) in [5.74, 6) is -0.263. The van der Waals surface area contributed by atoms with E-state index in [1.165, 1.54) is 0 Å². The third-order valence-electron chi connectivity index (χ3n) is 2.93. The van der Waals surface area contributed by atoms with Crippen LogP contribution in [0.5, 0.6) is 0 Å². The van der Waals surface area contributed by atoms with Crippen LogP contribution < -0.4 is 11.1 Å². The number of nitrogens with one attached hydrogen (secondary N) is 2. The molecule has 5 N–H and O–H groups in total. The Morgan fingerprint density at radius 1 is 1.45 bits per heavy atom. The Balaban J connectivity index is 1.92. The Morgan fingerprint density at radius 3 is 2.75 bits per heavy atom. The number of anilines is 1. The number of nitrogens with zero attached hydrogens (tertiary/aromatic N) is 1. The van der Waals surface area contributed by atoms with Gasteiger partial charge in [-0.05, 0) is 18.9 Å². The van der Waals surface area contributed by atoms with Gasteiger partial charge >= 0.3 is 0 Å². The number of nitrogens with two attached hydrogens (primary N) is 1. The molecule has 6 heteroatoms. The first-order valence-corrected chi connectivity index (χ1v) is 6.36. The number of aliphatic hydroxyl groups excluding tert-OH is 1. The highest BCUT2D eigenvalue weighted by atomic mass is 16.3. The zero-order valence-corrected chi connectivity index (χ0v) is 11.2. The molecular formula is C14H18N4O2. The summed E-state index contributed by atoms with van der Waals surface area (Å²) in [6.45, 7) is 1.82. The largest absolute Gasteiger partial charge is 0.382 e. The molecule has 2 aromatic rings. The molecule has 1 heterocycles. The molecule has 20 heavy (non-hydrogen) atoms. The van der Waals surface area contributed by atoms with E-state index in [4.69, 9.17) is 5.73 Å². The third kappa shape index (κ3) is 3.66. The number of aryl methyl sites for hydroxylation is 1. The molecule has 0 radical (unpaired) electrons. The van der Waals surface area contributed by atoms with Crippen molar-refractivity contribution in [3.8, 4) is 0 Å². The molecule has 0 spiro atoms. The molecule has 1 aromatic heterocycles. The first-order valence-electron chi connectivity index (χ1n) is 6.36. The van der Waals surface area contributed by atoms with Crippen LogP contribution in [-0.4, -0.2) is 33.1 Å². The average Bonchev–Trinajstić information content (AvgIpc) is 2.84. The second-order valence-electron chi connectivity index (χ2n) is 4.70. The van der Waals surface area contributed by atoms with Gasteiger partial charge in [0.2, 0.25) is 5.95 Å². The first-order chi connectivity index (χ1) is 9.56. The maximum Gasteiger partial charge on any atom is 0.257 e. The molecular weight excluding hydrogens is 256 g/mol. The van der Waals surface area contributed by atoms with Crippen LogP contribution in [0, 0.1) is 6.92 Å². The lowest BCUT2D eigenvalue weighted by molar-refractivity contribution is -0.124. The van der Waals surface area contributed by atoms with Crippen LogP contribution in [0.25, 0.3) is 0 Å². The summed E-state index contributed by atoms with van der Waals surface area (Å²) in [5.41, 5.74) is 7.66. The minimum absolute atomic E-state index is 0.304. The third-order valence-corrected chi connectivity index (χ3v) is 2.93. The van der Waals surface area contributed by atoms with Crippen molar-refractivity contribution >= 4 is 11.9 Å². The number of hydrogen-bond acceptors (Lipinski definition) is 4. The van der Waals surface area contributed by atoms with Crippen molar-refractivity contribution in [2.75, 3.05) is 5.32 Å². The monoisotopic (exact) mass is 274 g/mol. The fourth-order valence-corrected chi connectivity index (χ4v) is 1.86. The Bertz CT molecular complexity index is 568. The van der Waals surface area contributed by atoms with Crippen LogP contribution in [0.4, 0.5) is 5.95 Å². The van der Waals surface area contributed by atoms with Gasteiger partial charge in [-0.3, -0.25) is 10.1 Å². The molecule has 106 valence electrons. The van der Waals surface area contributed by atoms with Crippen molar-refractivity contribution in [1.29, 1.82) is 0 Å². The molecule has 2 atom stereocenters. The molecule has 0 aliphatic heterocycles. The molecule has 0 aliphatic carbocycles. The van der Waals surface area contributed by atoms with Gasteiger partial charge in [0.25, 0.3) is 5.91 Å². The summed E-state index contributed by atoms with van der Waals surface area (Å²) >= 11 is 0. The number of carbonyl (C=O) groups excluding carboxylic acids is 1. The van der Waals surface area contributed by atoms with Crippen molar-refractivity contribution in [3.63, 3.8) is 0 Å². The predicted molar refractivity (Wildman–Crippen MR) is 76.1 cm³/mol. The number of hydrogen-bond donors (Lipinski definition) is 4. The highest BCUT2D eigenvalue weighted by molar-refractivity contribution is 5.93. The zero-order valence-electron chi connectivity index (χ0n) is 11.2. The number of rotatable bonds is 5. The lowest BCUT2D eigenvalue weighted by Crippen LogP contribution is -2.44. The Hall–Kier alpha value is -2.18. The van der Waals surface area contributed by atoms with E-state index in [0.717, 1.165) is 11.3 Å². The topological polar surface area (TPSA) is 104 Å². The van der Waals surface area contributed by atoms with Crippen molar-refractivity contribution in [2.45, 2.75) is 25.5 Å². The first kappa shape index (κ1) is 14.2. The van der Waals surface area contributed by atoms with Gasteiger partial charge in [0.1, 0.15) is 6.10 Å². The summed E-state index contributed by atoms with van der Waals surface area (Å²) in [6, 6.07) is 8.81. The van der Waals surface area contributed by atoms with Gasteiger partial charge in [0.05, 0.1) is 0 Å². The Kier molecular flexibility index (Phi) is 4.49. The number of aromatic amines is 1.